The molecular weight excluding hydrogens is 297 g/mol. The second kappa shape index (κ2) is 5.78. The van der Waals surface area contributed by atoms with Gasteiger partial charge in [0.1, 0.15) is 5.82 Å². The Kier molecular flexibility index (Phi) is 4.10. The van der Waals surface area contributed by atoms with Gasteiger partial charge in [0, 0.05) is 10.2 Å². The van der Waals surface area contributed by atoms with Crippen LogP contribution in [0.3, 0.4) is 0 Å². The molecule has 0 saturated heterocycles. The van der Waals surface area contributed by atoms with Gasteiger partial charge in [-0.3, -0.25) is 4.79 Å². The zero-order valence-corrected chi connectivity index (χ0v) is 11.1. The summed E-state index contributed by atoms with van der Waals surface area (Å²) in [5.74, 6) is -0.445. The Morgan fingerprint density at radius 1 is 1.17 bits per heavy atom. The first-order valence-corrected chi connectivity index (χ1v) is 6.22. The van der Waals surface area contributed by atoms with E-state index < -0.39 is 0 Å². The van der Waals surface area contributed by atoms with Gasteiger partial charge >= 0.3 is 0 Å². The maximum atomic E-state index is 12.7. The largest absolute Gasteiger partial charge is 0.326 e. The molecule has 0 aliphatic rings. The molecular formula is C14H11BrFNO. The van der Waals surface area contributed by atoms with E-state index in [0.717, 1.165) is 10.0 Å². The second-order valence-corrected chi connectivity index (χ2v) is 4.78. The Bertz CT molecular complexity index is 554. The number of hydrogen-bond acceptors (Lipinski definition) is 1. The highest BCUT2D eigenvalue weighted by Crippen LogP contribution is 2.13. The van der Waals surface area contributed by atoms with E-state index in [1.54, 1.807) is 0 Å². The fraction of sp³-hybridized carbons (Fsp3) is 0.0714. The number of carbonyl (C=O) groups is 1. The molecule has 18 heavy (non-hydrogen) atoms. The van der Waals surface area contributed by atoms with Crippen LogP contribution in [-0.4, -0.2) is 5.91 Å². The summed E-state index contributed by atoms with van der Waals surface area (Å²) in [5, 5.41) is 2.72. The van der Waals surface area contributed by atoms with Gasteiger partial charge in [-0.2, -0.15) is 0 Å². The van der Waals surface area contributed by atoms with Crippen LogP contribution >= 0.6 is 15.9 Å². The predicted octanol–water partition coefficient (Wildman–Crippen LogP) is 3.77. The Morgan fingerprint density at radius 2 is 1.89 bits per heavy atom. The first-order valence-electron chi connectivity index (χ1n) is 5.43. The van der Waals surface area contributed by atoms with Crippen molar-refractivity contribution >= 4 is 27.5 Å². The van der Waals surface area contributed by atoms with Crippen LogP contribution in [0.15, 0.2) is 53.0 Å². The van der Waals surface area contributed by atoms with Gasteiger partial charge in [-0.25, -0.2) is 4.39 Å². The number of anilines is 1. The van der Waals surface area contributed by atoms with E-state index in [1.165, 1.54) is 24.3 Å². The summed E-state index contributed by atoms with van der Waals surface area (Å²) < 4.78 is 13.6. The zero-order valence-electron chi connectivity index (χ0n) is 9.49. The summed E-state index contributed by atoms with van der Waals surface area (Å²) in [6.07, 6.45) is 0.289. The molecule has 92 valence electrons. The van der Waals surface area contributed by atoms with Gasteiger partial charge in [0.15, 0.2) is 0 Å². The molecule has 2 nitrogen and oxygen atoms in total. The molecule has 0 aliphatic carbocycles. The third kappa shape index (κ3) is 3.67. The molecule has 2 rings (SSSR count). The standard InChI is InChI=1S/C14H11BrFNO/c15-11-3-1-2-10(8-11)9-14(18)17-13-6-4-12(16)5-7-13/h1-8H,9H2,(H,17,18). The number of halogens is 2. The lowest BCUT2D eigenvalue weighted by Gasteiger charge is -2.05. The van der Waals surface area contributed by atoms with Crippen molar-refractivity contribution in [2.24, 2.45) is 0 Å². The lowest BCUT2D eigenvalue weighted by Crippen LogP contribution is -2.14. The van der Waals surface area contributed by atoms with E-state index in [-0.39, 0.29) is 18.1 Å². The van der Waals surface area contributed by atoms with Crippen molar-refractivity contribution in [1.82, 2.24) is 0 Å². The fourth-order valence-corrected chi connectivity index (χ4v) is 2.02. The van der Waals surface area contributed by atoms with Crippen LogP contribution in [0, 0.1) is 5.82 Å². The fourth-order valence-electron chi connectivity index (χ4n) is 1.57. The van der Waals surface area contributed by atoms with Crippen molar-refractivity contribution in [1.29, 1.82) is 0 Å². The van der Waals surface area contributed by atoms with E-state index in [9.17, 15) is 9.18 Å². The monoisotopic (exact) mass is 307 g/mol. The molecule has 0 spiro atoms. The van der Waals surface area contributed by atoms with Gasteiger partial charge in [0.25, 0.3) is 0 Å². The van der Waals surface area contributed by atoms with Crippen molar-refractivity contribution in [3.63, 3.8) is 0 Å². The van der Waals surface area contributed by atoms with Gasteiger partial charge in [0.05, 0.1) is 6.42 Å². The predicted molar refractivity (Wildman–Crippen MR) is 72.9 cm³/mol. The van der Waals surface area contributed by atoms with E-state index in [2.05, 4.69) is 21.2 Å². The maximum absolute atomic E-state index is 12.7. The maximum Gasteiger partial charge on any atom is 0.228 e. The number of carbonyl (C=O) groups excluding carboxylic acids is 1. The molecule has 0 bridgehead atoms. The molecule has 0 saturated carbocycles. The van der Waals surface area contributed by atoms with E-state index in [4.69, 9.17) is 0 Å². The van der Waals surface area contributed by atoms with Crippen LogP contribution in [-0.2, 0) is 11.2 Å². The van der Waals surface area contributed by atoms with E-state index in [1.807, 2.05) is 24.3 Å². The molecule has 4 heteroatoms. The van der Waals surface area contributed by atoms with Gasteiger partial charge in [-0.05, 0) is 42.0 Å². The third-order valence-corrected chi connectivity index (χ3v) is 2.87. The van der Waals surface area contributed by atoms with Crippen LogP contribution in [0.4, 0.5) is 10.1 Å². The smallest absolute Gasteiger partial charge is 0.228 e. The van der Waals surface area contributed by atoms with Crippen molar-refractivity contribution < 1.29 is 9.18 Å². The molecule has 1 N–H and O–H groups in total. The first kappa shape index (κ1) is 12.8. The molecule has 0 fully saturated rings. The Balaban J connectivity index is 1.98. The van der Waals surface area contributed by atoms with Gasteiger partial charge in [0.2, 0.25) is 5.91 Å². The van der Waals surface area contributed by atoms with Crippen molar-refractivity contribution in [3.8, 4) is 0 Å². The number of benzene rings is 2. The molecule has 0 aromatic heterocycles. The first-order chi connectivity index (χ1) is 8.63. The number of rotatable bonds is 3. The van der Waals surface area contributed by atoms with Crippen LogP contribution in [0.2, 0.25) is 0 Å². The van der Waals surface area contributed by atoms with Crippen LogP contribution in [0.1, 0.15) is 5.56 Å². The lowest BCUT2D eigenvalue weighted by molar-refractivity contribution is -0.115. The summed E-state index contributed by atoms with van der Waals surface area (Å²) >= 11 is 3.35. The highest BCUT2D eigenvalue weighted by atomic mass is 79.9. The zero-order chi connectivity index (χ0) is 13.0. The Hall–Kier alpha value is -1.68. The SMILES string of the molecule is O=C(Cc1cccc(Br)c1)Nc1ccc(F)cc1. The lowest BCUT2D eigenvalue weighted by atomic mass is 10.1. The van der Waals surface area contributed by atoms with Crippen LogP contribution in [0.25, 0.3) is 0 Å². The second-order valence-electron chi connectivity index (χ2n) is 3.86. The Labute approximate surface area is 113 Å². The molecule has 2 aromatic rings. The van der Waals surface area contributed by atoms with E-state index in [0.29, 0.717) is 5.69 Å². The molecule has 2 aromatic carbocycles. The summed E-state index contributed by atoms with van der Waals surface area (Å²) in [6.45, 7) is 0. The number of hydrogen-bond donors (Lipinski definition) is 1. The summed E-state index contributed by atoms with van der Waals surface area (Å²) in [6, 6.07) is 13.3. The minimum Gasteiger partial charge on any atom is -0.326 e. The molecule has 0 unspecified atom stereocenters. The third-order valence-electron chi connectivity index (χ3n) is 2.38. The quantitative estimate of drug-likeness (QED) is 0.919. The highest BCUT2D eigenvalue weighted by Gasteiger charge is 2.04. The van der Waals surface area contributed by atoms with Gasteiger partial charge in [-0.1, -0.05) is 28.1 Å². The number of nitrogens with one attached hydrogen (secondary N) is 1. The summed E-state index contributed by atoms with van der Waals surface area (Å²) in [7, 11) is 0. The topological polar surface area (TPSA) is 29.1 Å². The molecule has 0 aliphatic heterocycles. The highest BCUT2D eigenvalue weighted by molar-refractivity contribution is 9.10. The van der Waals surface area contributed by atoms with Gasteiger partial charge < -0.3 is 5.32 Å². The molecule has 0 heterocycles. The minimum atomic E-state index is -0.319. The molecule has 1 amide bonds. The minimum absolute atomic E-state index is 0.125. The summed E-state index contributed by atoms with van der Waals surface area (Å²) in [5.41, 5.74) is 1.51. The number of amides is 1. The average Bonchev–Trinajstić information content (AvgIpc) is 2.32. The Morgan fingerprint density at radius 3 is 2.56 bits per heavy atom. The molecule has 0 atom stereocenters. The van der Waals surface area contributed by atoms with Crippen molar-refractivity contribution in [3.05, 3.63) is 64.4 Å². The van der Waals surface area contributed by atoms with Crippen molar-refractivity contribution in [2.45, 2.75) is 6.42 Å². The van der Waals surface area contributed by atoms with Crippen molar-refractivity contribution in [2.75, 3.05) is 5.32 Å². The van der Waals surface area contributed by atoms with E-state index >= 15 is 0 Å². The normalized spacial score (nSPS) is 10.1. The van der Waals surface area contributed by atoms with Crippen LogP contribution < -0.4 is 5.32 Å². The summed E-state index contributed by atoms with van der Waals surface area (Å²) in [4.78, 5) is 11.8. The average molecular weight is 308 g/mol. The van der Waals surface area contributed by atoms with Gasteiger partial charge in [-0.15, -0.1) is 0 Å². The molecule has 0 radical (unpaired) electrons. The van der Waals surface area contributed by atoms with Crippen LogP contribution in [0.5, 0.6) is 0 Å².